The molecule has 0 saturated heterocycles. The summed E-state index contributed by atoms with van der Waals surface area (Å²) in [5, 5.41) is 14.0. The van der Waals surface area contributed by atoms with Crippen LogP contribution in [0.5, 0.6) is 11.5 Å². The Labute approximate surface area is 142 Å². The number of carbonyl (C=O) groups is 2. The van der Waals surface area contributed by atoms with E-state index in [1.807, 2.05) is 32.0 Å². The molecular formula is C17H26N2O5. The first-order valence-electron chi connectivity index (χ1n) is 8.04. The molecule has 0 saturated carbocycles. The zero-order valence-corrected chi connectivity index (χ0v) is 14.4. The van der Waals surface area contributed by atoms with Crippen molar-refractivity contribution < 1.29 is 24.2 Å². The lowest BCUT2D eigenvalue weighted by atomic mass is 10.1. The molecule has 0 fully saturated rings. The summed E-state index contributed by atoms with van der Waals surface area (Å²) in [4.78, 5) is 22.2. The van der Waals surface area contributed by atoms with Gasteiger partial charge in [0, 0.05) is 13.0 Å². The van der Waals surface area contributed by atoms with E-state index >= 15 is 0 Å². The summed E-state index contributed by atoms with van der Waals surface area (Å²) in [6.45, 7) is 4.82. The Bertz CT molecular complexity index is 548. The Hall–Kier alpha value is -2.44. The number of hydrogen-bond donors (Lipinski definition) is 3. The van der Waals surface area contributed by atoms with Crippen LogP contribution < -0.4 is 20.1 Å². The van der Waals surface area contributed by atoms with E-state index in [9.17, 15) is 9.59 Å². The SMILES string of the molecule is CCCOc1ccc(C(C)NC(=O)NCCCC(=O)O)cc1OC. The number of carbonyl (C=O) groups excluding carboxylic acids is 1. The molecule has 2 amide bonds. The van der Waals surface area contributed by atoms with Crippen LogP contribution in [-0.4, -0.2) is 37.4 Å². The molecule has 1 rings (SSSR count). The maximum absolute atomic E-state index is 11.8. The van der Waals surface area contributed by atoms with Crippen molar-refractivity contribution in [1.29, 1.82) is 0 Å². The lowest BCUT2D eigenvalue weighted by Gasteiger charge is -2.17. The minimum absolute atomic E-state index is 0.0340. The number of carboxylic acids is 1. The highest BCUT2D eigenvalue weighted by Gasteiger charge is 2.13. The van der Waals surface area contributed by atoms with Gasteiger partial charge in [0.2, 0.25) is 0 Å². The van der Waals surface area contributed by atoms with Crippen LogP contribution in [0.25, 0.3) is 0 Å². The van der Waals surface area contributed by atoms with Gasteiger partial charge in [0.1, 0.15) is 0 Å². The molecule has 0 aliphatic rings. The van der Waals surface area contributed by atoms with Crippen molar-refractivity contribution in [2.24, 2.45) is 0 Å². The van der Waals surface area contributed by atoms with Crippen molar-refractivity contribution in [1.82, 2.24) is 10.6 Å². The highest BCUT2D eigenvalue weighted by atomic mass is 16.5. The fourth-order valence-electron chi connectivity index (χ4n) is 2.06. The number of urea groups is 1. The number of hydrogen-bond acceptors (Lipinski definition) is 4. The molecule has 0 aliphatic heterocycles. The van der Waals surface area contributed by atoms with Gasteiger partial charge >= 0.3 is 12.0 Å². The van der Waals surface area contributed by atoms with Crippen LogP contribution in [0.2, 0.25) is 0 Å². The van der Waals surface area contributed by atoms with Gasteiger partial charge in [0.05, 0.1) is 19.8 Å². The van der Waals surface area contributed by atoms with Crippen LogP contribution in [0.3, 0.4) is 0 Å². The van der Waals surface area contributed by atoms with E-state index in [-0.39, 0.29) is 18.5 Å². The molecular weight excluding hydrogens is 312 g/mol. The molecule has 1 aromatic carbocycles. The predicted molar refractivity (Wildman–Crippen MR) is 90.6 cm³/mol. The Kier molecular flexibility index (Phi) is 8.46. The molecule has 7 heteroatoms. The molecule has 134 valence electrons. The molecule has 0 spiro atoms. The molecule has 1 aromatic rings. The summed E-state index contributed by atoms with van der Waals surface area (Å²) < 4.78 is 10.9. The second kappa shape index (κ2) is 10.4. The topological polar surface area (TPSA) is 96.9 Å². The second-order valence-electron chi connectivity index (χ2n) is 5.38. The Morgan fingerprint density at radius 2 is 2.04 bits per heavy atom. The van der Waals surface area contributed by atoms with Crippen molar-refractivity contribution >= 4 is 12.0 Å². The number of ether oxygens (including phenoxy) is 2. The van der Waals surface area contributed by atoms with Crippen LogP contribution in [0.1, 0.15) is 44.7 Å². The van der Waals surface area contributed by atoms with Crippen molar-refractivity contribution in [3.05, 3.63) is 23.8 Å². The first kappa shape index (κ1) is 19.6. The van der Waals surface area contributed by atoms with Crippen LogP contribution in [0, 0.1) is 0 Å². The Balaban J connectivity index is 2.55. The zero-order valence-electron chi connectivity index (χ0n) is 14.4. The first-order valence-corrected chi connectivity index (χ1v) is 8.04. The number of amides is 2. The molecule has 1 atom stereocenters. The summed E-state index contributed by atoms with van der Waals surface area (Å²) in [6, 6.07) is 4.98. The third-order valence-electron chi connectivity index (χ3n) is 3.35. The summed E-state index contributed by atoms with van der Waals surface area (Å²) >= 11 is 0. The van der Waals surface area contributed by atoms with E-state index in [0.717, 1.165) is 12.0 Å². The van der Waals surface area contributed by atoms with Crippen molar-refractivity contribution in [2.75, 3.05) is 20.3 Å². The van der Waals surface area contributed by atoms with Gasteiger partial charge in [0.15, 0.2) is 11.5 Å². The lowest BCUT2D eigenvalue weighted by Crippen LogP contribution is -2.37. The van der Waals surface area contributed by atoms with E-state index in [1.165, 1.54) is 0 Å². The zero-order chi connectivity index (χ0) is 17.9. The largest absolute Gasteiger partial charge is 0.493 e. The lowest BCUT2D eigenvalue weighted by molar-refractivity contribution is -0.137. The molecule has 24 heavy (non-hydrogen) atoms. The molecule has 0 aromatic heterocycles. The molecule has 0 bridgehead atoms. The summed E-state index contributed by atoms with van der Waals surface area (Å²) in [5.74, 6) is 0.424. The third-order valence-corrected chi connectivity index (χ3v) is 3.35. The Morgan fingerprint density at radius 1 is 1.29 bits per heavy atom. The maximum Gasteiger partial charge on any atom is 0.315 e. The highest BCUT2D eigenvalue weighted by molar-refractivity contribution is 5.74. The van der Waals surface area contributed by atoms with Gasteiger partial charge < -0.3 is 25.2 Å². The van der Waals surface area contributed by atoms with Gasteiger partial charge in [0.25, 0.3) is 0 Å². The van der Waals surface area contributed by atoms with Crippen LogP contribution >= 0.6 is 0 Å². The summed E-state index contributed by atoms with van der Waals surface area (Å²) in [6.07, 6.45) is 1.34. The molecule has 0 heterocycles. The maximum atomic E-state index is 11.8. The normalized spacial score (nSPS) is 11.5. The molecule has 0 radical (unpaired) electrons. The summed E-state index contributed by atoms with van der Waals surface area (Å²) in [5.41, 5.74) is 0.886. The van der Waals surface area contributed by atoms with E-state index in [2.05, 4.69) is 10.6 Å². The van der Waals surface area contributed by atoms with E-state index < -0.39 is 5.97 Å². The average Bonchev–Trinajstić information content (AvgIpc) is 2.56. The van der Waals surface area contributed by atoms with Crippen molar-refractivity contribution in [3.8, 4) is 11.5 Å². The first-order chi connectivity index (χ1) is 11.5. The van der Waals surface area contributed by atoms with Crippen LogP contribution in [0.4, 0.5) is 4.79 Å². The monoisotopic (exact) mass is 338 g/mol. The number of benzene rings is 1. The minimum Gasteiger partial charge on any atom is -0.493 e. The number of carboxylic acid groups (broad SMARTS) is 1. The predicted octanol–water partition coefficient (Wildman–Crippen LogP) is 2.71. The van der Waals surface area contributed by atoms with Crippen molar-refractivity contribution in [3.63, 3.8) is 0 Å². The van der Waals surface area contributed by atoms with Gasteiger partial charge in [-0.05, 0) is 37.5 Å². The van der Waals surface area contributed by atoms with Gasteiger partial charge in [-0.25, -0.2) is 4.79 Å². The molecule has 3 N–H and O–H groups in total. The molecule has 0 aliphatic carbocycles. The van der Waals surface area contributed by atoms with Crippen LogP contribution in [-0.2, 0) is 4.79 Å². The molecule has 7 nitrogen and oxygen atoms in total. The number of methoxy groups -OCH3 is 1. The number of aliphatic carboxylic acids is 1. The van der Waals surface area contributed by atoms with Gasteiger partial charge in [-0.1, -0.05) is 13.0 Å². The van der Waals surface area contributed by atoms with E-state index in [0.29, 0.717) is 31.1 Å². The van der Waals surface area contributed by atoms with Crippen molar-refractivity contribution in [2.45, 2.75) is 39.2 Å². The van der Waals surface area contributed by atoms with E-state index in [4.69, 9.17) is 14.6 Å². The Morgan fingerprint density at radius 3 is 2.67 bits per heavy atom. The quantitative estimate of drug-likeness (QED) is 0.570. The average molecular weight is 338 g/mol. The standard InChI is InChI=1S/C17H26N2O5/c1-4-10-24-14-8-7-13(11-15(14)23-3)12(2)19-17(22)18-9-5-6-16(20)21/h7-8,11-12H,4-6,9-10H2,1-3H3,(H,20,21)(H2,18,19,22). The molecule has 1 unspecified atom stereocenters. The van der Waals surface area contributed by atoms with Gasteiger partial charge in [-0.2, -0.15) is 0 Å². The minimum atomic E-state index is -0.872. The van der Waals surface area contributed by atoms with Gasteiger partial charge in [-0.3, -0.25) is 4.79 Å². The number of nitrogens with one attached hydrogen (secondary N) is 2. The summed E-state index contributed by atoms with van der Waals surface area (Å²) in [7, 11) is 1.57. The second-order valence-corrected chi connectivity index (χ2v) is 5.38. The third kappa shape index (κ3) is 6.76. The smallest absolute Gasteiger partial charge is 0.315 e. The number of rotatable bonds is 10. The van der Waals surface area contributed by atoms with Crippen LogP contribution in [0.15, 0.2) is 18.2 Å². The fraction of sp³-hybridized carbons (Fsp3) is 0.529. The fourth-order valence-corrected chi connectivity index (χ4v) is 2.06. The highest BCUT2D eigenvalue weighted by Crippen LogP contribution is 2.30. The van der Waals surface area contributed by atoms with E-state index in [1.54, 1.807) is 7.11 Å². The van der Waals surface area contributed by atoms with Gasteiger partial charge in [-0.15, -0.1) is 0 Å².